The first-order valence-electron chi connectivity index (χ1n) is 3.41. The smallest absolute Gasteiger partial charge is 0.223 e. The van der Waals surface area contributed by atoms with Gasteiger partial charge in [0.2, 0.25) is 5.95 Å². The lowest BCUT2D eigenvalue weighted by Crippen LogP contribution is -2.04. The Morgan fingerprint density at radius 2 is 2.50 bits per heavy atom. The van der Waals surface area contributed by atoms with Crippen molar-refractivity contribution in [3.8, 4) is 0 Å². The Hall–Kier alpha value is -1.12. The van der Waals surface area contributed by atoms with E-state index in [0.717, 1.165) is 0 Å². The van der Waals surface area contributed by atoms with Crippen molar-refractivity contribution in [2.75, 3.05) is 5.32 Å². The average molecular weight is 134 g/mol. The Bertz CT molecular complexity index is 205. The predicted molar refractivity (Wildman–Crippen MR) is 37.5 cm³/mol. The maximum Gasteiger partial charge on any atom is 0.223 e. The molecule has 0 aromatic carbocycles. The summed E-state index contributed by atoms with van der Waals surface area (Å²) in [6.45, 7) is 0. The van der Waals surface area contributed by atoms with Crippen molar-refractivity contribution in [2.45, 2.75) is 18.9 Å². The lowest BCUT2D eigenvalue weighted by Gasteiger charge is -1.97. The van der Waals surface area contributed by atoms with Gasteiger partial charge in [0.25, 0.3) is 0 Å². The third kappa shape index (κ3) is 1.23. The van der Waals surface area contributed by atoms with Crippen molar-refractivity contribution in [2.24, 2.45) is 0 Å². The van der Waals surface area contributed by atoms with Crippen LogP contribution in [0.15, 0.2) is 12.3 Å². The normalized spacial score (nSPS) is 16.8. The molecule has 0 aliphatic heterocycles. The van der Waals surface area contributed by atoms with Gasteiger partial charge in [-0.2, -0.15) is 0 Å². The van der Waals surface area contributed by atoms with E-state index in [0.29, 0.717) is 12.0 Å². The van der Waals surface area contributed by atoms with Crippen molar-refractivity contribution < 1.29 is 0 Å². The maximum absolute atomic E-state index is 4.01. The topological polar surface area (TPSA) is 37.8 Å². The zero-order chi connectivity index (χ0) is 6.81. The number of anilines is 1. The van der Waals surface area contributed by atoms with Gasteiger partial charge in [-0.3, -0.25) is 0 Å². The SMILES string of the molecule is [c]1ccnc(NC2CC2)n1. The second-order valence-corrected chi connectivity index (χ2v) is 2.43. The van der Waals surface area contributed by atoms with E-state index in [-0.39, 0.29) is 0 Å². The number of nitrogens with one attached hydrogen (secondary N) is 1. The van der Waals surface area contributed by atoms with Crippen LogP contribution in [0.5, 0.6) is 0 Å². The molecule has 1 aliphatic rings. The highest BCUT2D eigenvalue weighted by atomic mass is 15.1. The van der Waals surface area contributed by atoms with Crippen molar-refractivity contribution in [3.05, 3.63) is 18.5 Å². The summed E-state index contributed by atoms with van der Waals surface area (Å²) in [5.74, 6) is 0.699. The largest absolute Gasteiger partial charge is 0.351 e. The summed E-state index contributed by atoms with van der Waals surface area (Å²) < 4.78 is 0. The summed E-state index contributed by atoms with van der Waals surface area (Å²) in [6.07, 6.45) is 6.91. The molecule has 1 aliphatic carbocycles. The molecule has 1 N–H and O–H groups in total. The van der Waals surface area contributed by atoms with Crippen molar-refractivity contribution in [1.29, 1.82) is 0 Å². The molecule has 10 heavy (non-hydrogen) atoms. The number of nitrogens with zero attached hydrogens (tertiary/aromatic N) is 2. The molecule has 1 aromatic heterocycles. The quantitative estimate of drug-likeness (QED) is 0.651. The van der Waals surface area contributed by atoms with Gasteiger partial charge in [-0.25, -0.2) is 9.97 Å². The lowest BCUT2D eigenvalue weighted by molar-refractivity contribution is 1.05. The van der Waals surface area contributed by atoms with Crippen molar-refractivity contribution >= 4 is 5.95 Å². The molecule has 3 nitrogen and oxygen atoms in total. The first-order valence-corrected chi connectivity index (χ1v) is 3.41. The highest BCUT2D eigenvalue weighted by Crippen LogP contribution is 2.22. The zero-order valence-corrected chi connectivity index (χ0v) is 5.54. The zero-order valence-electron chi connectivity index (χ0n) is 5.54. The van der Waals surface area contributed by atoms with Crippen molar-refractivity contribution in [3.63, 3.8) is 0 Å². The molecule has 3 heteroatoms. The monoisotopic (exact) mass is 134 g/mol. The number of aromatic nitrogens is 2. The molecule has 2 rings (SSSR count). The maximum atomic E-state index is 4.01. The van der Waals surface area contributed by atoms with Gasteiger partial charge >= 0.3 is 0 Å². The molecule has 51 valence electrons. The lowest BCUT2D eigenvalue weighted by atomic mass is 10.6. The van der Waals surface area contributed by atoms with E-state index < -0.39 is 0 Å². The van der Waals surface area contributed by atoms with Crippen LogP contribution in [0.3, 0.4) is 0 Å². The van der Waals surface area contributed by atoms with Crippen molar-refractivity contribution in [1.82, 2.24) is 9.97 Å². The van der Waals surface area contributed by atoms with Crippen LogP contribution in [0.2, 0.25) is 0 Å². The fourth-order valence-corrected chi connectivity index (χ4v) is 0.748. The van der Waals surface area contributed by atoms with E-state index in [4.69, 9.17) is 0 Å². The van der Waals surface area contributed by atoms with E-state index in [1.807, 2.05) is 0 Å². The molecule has 0 amide bonds. The molecule has 1 fully saturated rings. The summed E-state index contributed by atoms with van der Waals surface area (Å²) in [6, 6.07) is 2.31. The first kappa shape index (κ1) is 5.65. The third-order valence-corrected chi connectivity index (χ3v) is 1.43. The van der Waals surface area contributed by atoms with Crippen LogP contribution in [-0.4, -0.2) is 16.0 Å². The first-order chi connectivity index (χ1) is 4.95. The van der Waals surface area contributed by atoms with E-state index in [1.165, 1.54) is 12.8 Å². The Morgan fingerprint density at radius 1 is 1.60 bits per heavy atom. The predicted octanol–water partition coefficient (Wildman–Crippen LogP) is 0.851. The molecular weight excluding hydrogens is 126 g/mol. The molecule has 0 unspecified atom stereocenters. The highest BCUT2D eigenvalue weighted by Gasteiger charge is 2.21. The van der Waals surface area contributed by atoms with E-state index in [1.54, 1.807) is 12.3 Å². The summed E-state index contributed by atoms with van der Waals surface area (Å²) in [5, 5.41) is 3.16. The van der Waals surface area contributed by atoms with Gasteiger partial charge < -0.3 is 5.32 Å². The average Bonchev–Trinajstić information content (AvgIpc) is 2.74. The summed E-state index contributed by atoms with van der Waals surface area (Å²) in [4.78, 5) is 7.92. The Balaban J connectivity index is 2.03. The van der Waals surface area contributed by atoms with Gasteiger partial charge in [0.1, 0.15) is 0 Å². The molecule has 0 atom stereocenters. The molecule has 1 heterocycles. The summed E-state index contributed by atoms with van der Waals surface area (Å²) in [5.41, 5.74) is 0. The minimum atomic E-state index is 0.621. The van der Waals surface area contributed by atoms with Crippen LogP contribution in [0, 0.1) is 6.20 Å². The molecule has 0 saturated heterocycles. The van der Waals surface area contributed by atoms with E-state index >= 15 is 0 Å². The van der Waals surface area contributed by atoms with Crippen LogP contribution in [0.25, 0.3) is 0 Å². The Kier molecular flexibility index (Phi) is 1.27. The van der Waals surface area contributed by atoms with Gasteiger partial charge in [-0.05, 0) is 18.9 Å². The van der Waals surface area contributed by atoms with Gasteiger partial charge in [-0.15, -0.1) is 0 Å². The Morgan fingerprint density at radius 3 is 3.10 bits per heavy atom. The minimum Gasteiger partial charge on any atom is -0.351 e. The highest BCUT2D eigenvalue weighted by molar-refractivity contribution is 5.26. The van der Waals surface area contributed by atoms with Crippen LogP contribution < -0.4 is 5.32 Å². The van der Waals surface area contributed by atoms with Gasteiger partial charge in [-0.1, -0.05) is 0 Å². The van der Waals surface area contributed by atoms with Crippen LogP contribution in [0.4, 0.5) is 5.95 Å². The van der Waals surface area contributed by atoms with Gasteiger partial charge in [0.05, 0.1) is 6.20 Å². The second kappa shape index (κ2) is 2.25. The summed E-state index contributed by atoms with van der Waals surface area (Å²) >= 11 is 0. The molecule has 1 radical (unpaired) electrons. The second-order valence-electron chi connectivity index (χ2n) is 2.43. The van der Waals surface area contributed by atoms with Crippen LogP contribution >= 0.6 is 0 Å². The van der Waals surface area contributed by atoms with E-state index in [2.05, 4.69) is 21.5 Å². The fourth-order valence-electron chi connectivity index (χ4n) is 0.748. The Labute approximate surface area is 59.5 Å². The van der Waals surface area contributed by atoms with Gasteiger partial charge in [0, 0.05) is 12.2 Å². The standard InChI is InChI=1S/C7H8N3/c1-4-8-7(9-5-1)10-6-2-3-6/h1,4,6H,2-3H2,(H,8,9,10). The minimum absolute atomic E-state index is 0.621. The fraction of sp³-hybridized carbons (Fsp3) is 0.429. The summed E-state index contributed by atoms with van der Waals surface area (Å²) in [7, 11) is 0. The number of rotatable bonds is 2. The molecule has 0 spiro atoms. The number of hydrogen-bond donors (Lipinski definition) is 1. The molecule has 0 bridgehead atoms. The molecular formula is C7H8N3. The molecule has 1 saturated carbocycles. The van der Waals surface area contributed by atoms with E-state index in [9.17, 15) is 0 Å². The molecule has 1 aromatic rings. The number of hydrogen-bond acceptors (Lipinski definition) is 3. The van der Waals surface area contributed by atoms with Gasteiger partial charge in [0.15, 0.2) is 0 Å². The van der Waals surface area contributed by atoms with Crippen LogP contribution in [0.1, 0.15) is 12.8 Å². The van der Waals surface area contributed by atoms with Crippen LogP contribution in [-0.2, 0) is 0 Å². The third-order valence-electron chi connectivity index (χ3n) is 1.43.